The van der Waals surface area contributed by atoms with Gasteiger partial charge in [0.25, 0.3) is 0 Å². The summed E-state index contributed by atoms with van der Waals surface area (Å²) in [4.78, 5) is 0. The number of phenols is 1. The first kappa shape index (κ1) is 8.53. The molecule has 4 heteroatoms. The van der Waals surface area contributed by atoms with Gasteiger partial charge in [-0.25, -0.2) is 0 Å². The van der Waals surface area contributed by atoms with E-state index in [9.17, 15) is 5.11 Å². The van der Waals surface area contributed by atoms with Crippen LogP contribution in [0.25, 0.3) is 10.1 Å². The average Bonchev–Trinajstić information content (AvgIpc) is 2.31. The molecule has 2 aromatic rings. The largest absolute Gasteiger partial charge is 0.507 e. The molecular formula is C8H4Br2OS. The van der Waals surface area contributed by atoms with Crippen molar-refractivity contribution in [1.29, 1.82) is 0 Å². The molecule has 0 aliphatic heterocycles. The lowest BCUT2D eigenvalue weighted by Crippen LogP contribution is -1.68. The summed E-state index contributed by atoms with van der Waals surface area (Å²) >= 11 is 8.31. The molecule has 0 radical (unpaired) electrons. The second kappa shape index (κ2) is 3.01. The van der Waals surface area contributed by atoms with Crippen LogP contribution in [0.15, 0.2) is 26.5 Å². The minimum absolute atomic E-state index is 0.313. The molecule has 1 N–H and O–H groups in total. The van der Waals surface area contributed by atoms with Crippen LogP contribution in [0.3, 0.4) is 0 Å². The number of aromatic hydroxyl groups is 1. The van der Waals surface area contributed by atoms with E-state index < -0.39 is 0 Å². The van der Waals surface area contributed by atoms with Crippen LogP contribution in [-0.2, 0) is 0 Å². The first-order valence-corrected chi connectivity index (χ1v) is 5.70. The number of phenolic OH excluding ortho intramolecular Hbond substituents is 1. The number of fused-ring (bicyclic) bond motifs is 1. The number of hydrogen-bond acceptors (Lipinski definition) is 2. The summed E-state index contributed by atoms with van der Waals surface area (Å²) in [5, 5.41) is 12.4. The Morgan fingerprint density at radius 1 is 1.25 bits per heavy atom. The van der Waals surface area contributed by atoms with Crippen molar-refractivity contribution in [3.05, 3.63) is 26.5 Å². The van der Waals surface area contributed by atoms with E-state index in [2.05, 4.69) is 31.9 Å². The maximum absolute atomic E-state index is 9.57. The van der Waals surface area contributed by atoms with Crippen molar-refractivity contribution >= 4 is 53.3 Å². The zero-order valence-electron chi connectivity index (χ0n) is 5.84. The highest BCUT2D eigenvalue weighted by Crippen LogP contribution is 2.38. The van der Waals surface area contributed by atoms with Gasteiger partial charge in [0, 0.05) is 24.4 Å². The van der Waals surface area contributed by atoms with Crippen LogP contribution in [0.4, 0.5) is 0 Å². The molecule has 0 aliphatic carbocycles. The number of rotatable bonds is 0. The predicted octanol–water partition coefficient (Wildman–Crippen LogP) is 4.13. The van der Waals surface area contributed by atoms with Crippen molar-refractivity contribution in [2.75, 3.05) is 0 Å². The Morgan fingerprint density at radius 2 is 2.00 bits per heavy atom. The molecule has 0 saturated carbocycles. The SMILES string of the molecule is Oc1cc(Br)cc2scc(Br)c12. The van der Waals surface area contributed by atoms with Crippen molar-refractivity contribution < 1.29 is 5.11 Å². The third kappa shape index (κ3) is 1.28. The molecule has 1 aromatic carbocycles. The van der Waals surface area contributed by atoms with Crippen LogP contribution in [0.5, 0.6) is 5.75 Å². The van der Waals surface area contributed by atoms with Gasteiger partial charge in [0.2, 0.25) is 0 Å². The number of hydrogen-bond donors (Lipinski definition) is 1. The molecule has 0 saturated heterocycles. The fourth-order valence-corrected chi connectivity index (χ4v) is 3.38. The smallest absolute Gasteiger partial charge is 0.126 e. The second-order valence-corrected chi connectivity index (χ2v) is 5.06. The summed E-state index contributed by atoms with van der Waals surface area (Å²) in [5.74, 6) is 0.313. The van der Waals surface area contributed by atoms with Gasteiger partial charge in [-0.05, 0) is 28.1 Å². The maximum Gasteiger partial charge on any atom is 0.126 e. The average molecular weight is 308 g/mol. The Morgan fingerprint density at radius 3 is 2.75 bits per heavy atom. The van der Waals surface area contributed by atoms with E-state index in [1.165, 1.54) is 0 Å². The molecule has 0 fully saturated rings. The van der Waals surface area contributed by atoms with Gasteiger partial charge < -0.3 is 5.11 Å². The second-order valence-electron chi connectivity index (χ2n) is 2.38. The Labute approximate surface area is 90.3 Å². The van der Waals surface area contributed by atoms with Crippen LogP contribution >= 0.6 is 43.2 Å². The predicted molar refractivity (Wildman–Crippen MR) is 58.9 cm³/mol. The molecule has 0 aliphatic rings. The highest BCUT2D eigenvalue weighted by atomic mass is 79.9. The zero-order chi connectivity index (χ0) is 8.72. The minimum Gasteiger partial charge on any atom is -0.507 e. The number of benzene rings is 1. The van der Waals surface area contributed by atoms with E-state index in [0.29, 0.717) is 5.75 Å². The van der Waals surface area contributed by atoms with Gasteiger partial charge in [-0.2, -0.15) is 0 Å². The summed E-state index contributed by atoms with van der Waals surface area (Å²) in [5.41, 5.74) is 0. The molecule has 0 spiro atoms. The van der Waals surface area contributed by atoms with E-state index in [4.69, 9.17) is 0 Å². The van der Waals surface area contributed by atoms with Gasteiger partial charge in [0.15, 0.2) is 0 Å². The first-order chi connectivity index (χ1) is 5.68. The Hall–Kier alpha value is -0.0600. The molecule has 0 atom stereocenters. The van der Waals surface area contributed by atoms with E-state index in [1.54, 1.807) is 17.4 Å². The monoisotopic (exact) mass is 306 g/mol. The Bertz CT molecular complexity index is 436. The highest BCUT2D eigenvalue weighted by Gasteiger charge is 2.06. The molecule has 1 nitrogen and oxygen atoms in total. The van der Waals surface area contributed by atoms with E-state index in [0.717, 1.165) is 19.0 Å². The van der Waals surface area contributed by atoms with Gasteiger partial charge in [0.05, 0.1) is 0 Å². The molecule has 1 heterocycles. The highest BCUT2D eigenvalue weighted by molar-refractivity contribution is 9.11. The minimum atomic E-state index is 0.313. The molecule has 1 aromatic heterocycles. The summed E-state index contributed by atoms with van der Waals surface area (Å²) < 4.78 is 2.93. The van der Waals surface area contributed by atoms with E-state index in [-0.39, 0.29) is 0 Å². The van der Waals surface area contributed by atoms with Gasteiger partial charge in [-0.3, -0.25) is 0 Å². The van der Waals surface area contributed by atoms with Crippen LogP contribution in [0, 0.1) is 0 Å². The van der Waals surface area contributed by atoms with Crippen molar-refractivity contribution in [3.63, 3.8) is 0 Å². The van der Waals surface area contributed by atoms with Crippen molar-refractivity contribution in [3.8, 4) is 5.75 Å². The van der Waals surface area contributed by atoms with Gasteiger partial charge >= 0.3 is 0 Å². The molecule has 0 bridgehead atoms. The molecule has 62 valence electrons. The normalized spacial score (nSPS) is 10.8. The van der Waals surface area contributed by atoms with E-state index >= 15 is 0 Å². The maximum atomic E-state index is 9.57. The third-order valence-electron chi connectivity index (χ3n) is 1.57. The molecular weight excluding hydrogens is 304 g/mol. The Kier molecular flexibility index (Phi) is 2.14. The summed E-state index contributed by atoms with van der Waals surface area (Å²) in [6, 6.07) is 3.68. The van der Waals surface area contributed by atoms with Crippen molar-refractivity contribution in [2.24, 2.45) is 0 Å². The number of thiophene rings is 1. The van der Waals surface area contributed by atoms with Crippen LogP contribution < -0.4 is 0 Å². The Balaban J connectivity index is 2.93. The van der Waals surface area contributed by atoms with Gasteiger partial charge in [-0.1, -0.05) is 15.9 Å². The van der Waals surface area contributed by atoms with Crippen LogP contribution in [0.2, 0.25) is 0 Å². The molecule has 0 amide bonds. The van der Waals surface area contributed by atoms with Crippen LogP contribution in [0.1, 0.15) is 0 Å². The summed E-state index contributed by atoms with van der Waals surface area (Å²) in [6.07, 6.45) is 0. The first-order valence-electron chi connectivity index (χ1n) is 3.23. The lowest BCUT2D eigenvalue weighted by molar-refractivity contribution is 0.481. The van der Waals surface area contributed by atoms with Crippen molar-refractivity contribution in [1.82, 2.24) is 0 Å². The lowest BCUT2D eigenvalue weighted by atomic mass is 10.2. The topological polar surface area (TPSA) is 20.2 Å². The zero-order valence-corrected chi connectivity index (χ0v) is 9.83. The quantitative estimate of drug-likeness (QED) is 0.776. The number of halogens is 2. The van der Waals surface area contributed by atoms with E-state index in [1.807, 2.05) is 11.4 Å². The summed E-state index contributed by atoms with van der Waals surface area (Å²) in [6.45, 7) is 0. The van der Waals surface area contributed by atoms with Gasteiger partial charge in [-0.15, -0.1) is 11.3 Å². The summed E-state index contributed by atoms with van der Waals surface area (Å²) in [7, 11) is 0. The molecule has 2 rings (SSSR count). The fraction of sp³-hybridized carbons (Fsp3) is 0. The molecule has 0 unspecified atom stereocenters. The van der Waals surface area contributed by atoms with Crippen molar-refractivity contribution in [2.45, 2.75) is 0 Å². The van der Waals surface area contributed by atoms with Crippen LogP contribution in [-0.4, -0.2) is 5.11 Å². The third-order valence-corrected chi connectivity index (χ3v) is 3.89. The molecule has 12 heavy (non-hydrogen) atoms. The van der Waals surface area contributed by atoms with Gasteiger partial charge in [0.1, 0.15) is 5.75 Å². The fourth-order valence-electron chi connectivity index (χ4n) is 1.08. The lowest BCUT2D eigenvalue weighted by Gasteiger charge is -1.96. The standard InChI is InChI=1S/C8H4Br2OS/c9-4-1-6(11)8-5(10)3-12-7(8)2-4/h1-3,11H.